The molecule has 0 radical (unpaired) electrons. The van der Waals surface area contributed by atoms with Crippen molar-refractivity contribution in [3.63, 3.8) is 0 Å². The first kappa shape index (κ1) is 23.9. The number of carbonyl (C=O) groups excluding carboxylic acids is 3. The third-order valence-electron chi connectivity index (χ3n) is 6.78. The van der Waals surface area contributed by atoms with Crippen LogP contribution in [0.4, 0.5) is 4.79 Å². The Labute approximate surface area is 200 Å². The second-order valence-corrected chi connectivity index (χ2v) is 9.45. The van der Waals surface area contributed by atoms with E-state index in [0.29, 0.717) is 12.1 Å². The predicted molar refractivity (Wildman–Crippen MR) is 130 cm³/mol. The van der Waals surface area contributed by atoms with Crippen molar-refractivity contribution in [3.05, 3.63) is 71.3 Å². The van der Waals surface area contributed by atoms with E-state index in [-0.39, 0.29) is 18.5 Å². The second-order valence-electron chi connectivity index (χ2n) is 9.45. The minimum absolute atomic E-state index is 0.235. The number of imide groups is 1. The summed E-state index contributed by atoms with van der Waals surface area (Å²) in [4.78, 5) is 44.6. The van der Waals surface area contributed by atoms with E-state index in [0.717, 1.165) is 42.2 Å². The second kappa shape index (κ2) is 9.95. The Morgan fingerprint density at radius 1 is 1.03 bits per heavy atom. The Bertz CT molecular complexity index is 1030. The van der Waals surface area contributed by atoms with Gasteiger partial charge in [0, 0.05) is 32.7 Å². The van der Waals surface area contributed by atoms with Crippen molar-refractivity contribution in [2.24, 2.45) is 0 Å². The fraction of sp³-hybridized carbons (Fsp3) is 0.423. The van der Waals surface area contributed by atoms with Gasteiger partial charge in [-0.1, -0.05) is 60.2 Å². The van der Waals surface area contributed by atoms with Crippen LogP contribution >= 0.6 is 0 Å². The quantitative estimate of drug-likeness (QED) is 0.613. The summed E-state index contributed by atoms with van der Waals surface area (Å²) in [5.41, 5.74) is 1.56. The number of piperazine rings is 1. The number of hydrogen-bond donors (Lipinski definition) is 2. The number of urea groups is 1. The van der Waals surface area contributed by atoms with Crippen LogP contribution in [0.5, 0.6) is 0 Å². The van der Waals surface area contributed by atoms with Gasteiger partial charge in [0.2, 0.25) is 5.91 Å². The van der Waals surface area contributed by atoms with Gasteiger partial charge in [-0.05, 0) is 32.0 Å². The molecule has 0 aliphatic carbocycles. The van der Waals surface area contributed by atoms with Crippen LogP contribution in [0.2, 0.25) is 0 Å². The summed E-state index contributed by atoms with van der Waals surface area (Å²) in [6, 6.07) is 16.5. The van der Waals surface area contributed by atoms with Crippen molar-refractivity contribution < 1.29 is 14.4 Å². The minimum Gasteiger partial charge on any atom is -0.346 e. The summed E-state index contributed by atoms with van der Waals surface area (Å²) in [7, 11) is 2.11. The summed E-state index contributed by atoms with van der Waals surface area (Å²) in [6.07, 6.45) is 0. The van der Waals surface area contributed by atoms with E-state index < -0.39 is 17.5 Å². The number of carbonyl (C=O) groups is 3. The predicted octanol–water partition coefficient (Wildman–Crippen LogP) is 1.87. The summed E-state index contributed by atoms with van der Waals surface area (Å²) in [5.74, 6) is -0.786. The van der Waals surface area contributed by atoms with Crippen molar-refractivity contribution in [2.75, 3.05) is 46.3 Å². The molecule has 34 heavy (non-hydrogen) atoms. The first-order valence-electron chi connectivity index (χ1n) is 11.7. The molecule has 0 saturated carbocycles. The molecule has 0 aromatic heterocycles. The highest BCUT2D eigenvalue weighted by atomic mass is 16.2. The molecule has 180 valence electrons. The van der Waals surface area contributed by atoms with Gasteiger partial charge >= 0.3 is 6.03 Å². The molecular weight excluding hydrogens is 430 g/mol. The van der Waals surface area contributed by atoms with E-state index in [9.17, 15) is 14.4 Å². The molecule has 2 atom stereocenters. The van der Waals surface area contributed by atoms with Crippen LogP contribution in [0.25, 0.3) is 0 Å². The van der Waals surface area contributed by atoms with Crippen LogP contribution in [0, 0.1) is 6.92 Å². The summed E-state index contributed by atoms with van der Waals surface area (Å²) < 4.78 is 0. The van der Waals surface area contributed by atoms with Crippen LogP contribution < -0.4 is 10.6 Å². The van der Waals surface area contributed by atoms with Crippen molar-refractivity contribution in [2.45, 2.75) is 25.4 Å². The van der Waals surface area contributed by atoms with Crippen LogP contribution in [-0.2, 0) is 15.1 Å². The Kier molecular flexibility index (Phi) is 7.00. The molecule has 2 aliphatic rings. The largest absolute Gasteiger partial charge is 0.346 e. The van der Waals surface area contributed by atoms with Gasteiger partial charge in [0.25, 0.3) is 5.91 Å². The van der Waals surface area contributed by atoms with E-state index in [1.54, 1.807) is 6.92 Å². The highest BCUT2D eigenvalue weighted by Crippen LogP contribution is 2.29. The molecule has 2 aromatic rings. The number of amides is 4. The number of rotatable bonds is 7. The molecule has 0 spiro atoms. The van der Waals surface area contributed by atoms with Gasteiger partial charge < -0.3 is 15.5 Å². The lowest BCUT2D eigenvalue weighted by Gasteiger charge is -2.35. The molecule has 4 rings (SSSR count). The summed E-state index contributed by atoms with van der Waals surface area (Å²) in [6.45, 7) is 7.81. The average molecular weight is 464 g/mol. The number of likely N-dealkylation sites (N-methyl/N-ethyl adjacent to an activating group) is 1. The molecule has 8 heteroatoms. The molecule has 2 saturated heterocycles. The lowest BCUT2D eigenvalue weighted by Crippen LogP contribution is -2.49. The average Bonchev–Trinajstić information content (AvgIpc) is 3.04. The number of nitrogens with zero attached hydrogens (tertiary/aromatic N) is 3. The van der Waals surface area contributed by atoms with Gasteiger partial charge in [-0.2, -0.15) is 0 Å². The van der Waals surface area contributed by atoms with Gasteiger partial charge in [0.15, 0.2) is 0 Å². The highest BCUT2D eigenvalue weighted by molar-refractivity contribution is 6.09. The van der Waals surface area contributed by atoms with Crippen molar-refractivity contribution in [1.82, 2.24) is 25.3 Å². The van der Waals surface area contributed by atoms with E-state index in [4.69, 9.17) is 0 Å². The zero-order valence-corrected chi connectivity index (χ0v) is 20.1. The molecule has 2 aromatic carbocycles. The van der Waals surface area contributed by atoms with Crippen molar-refractivity contribution in [1.29, 1.82) is 0 Å². The lowest BCUT2D eigenvalue weighted by atomic mass is 9.91. The molecule has 2 heterocycles. The Morgan fingerprint density at radius 3 is 2.32 bits per heavy atom. The molecule has 2 fully saturated rings. The van der Waals surface area contributed by atoms with E-state index >= 15 is 0 Å². The molecule has 0 bridgehead atoms. The fourth-order valence-electron chi connectivity index (χ4n) is 4.52. The standard InChI is InChI=1S/C26H33N5O3/c1-19-9-11-21(12-10-19)26(2)24(33)31(25(34)28-26)18-23(32)27-22(20-7-5-4-6-8-20)17-30-15-13-29(3)14-16-30/h4-12,22H,13-18H2,1-3H3,(H,27,32)(H,28,34). The van der Waals surface area contributed by atoms with Gasteiger partial charge in [-0.25, -0.2) is 4.79 Å². The number of aryl methyl sites for hydroxylation is 1. The Balaban J connectivity index is 1.45. The first-order valence-corrected chi connectivity index (χ1v) is 11.7. The fourth-order valence-corrected chi connectivity index (χ4v) is 4.52. The number of nitrogens with one attached hydrogen (secondary N) is 2. The summed E-state index contributed by atoms with van der Waals surface area (Å²) >= 11 is 0. The molecular formula is C26H33N5O3. The molecule has 2 N–H and O–H groups in total. The first-order chi connectivity index (χ1) is 16.3. The van der Waals surface area contributed by atoms with E-state index in [1.165, 1.54) is 0 Å². The highest BCUT2D eigenvalue weighted by Gasteiger charge is 2.49. The third kappa shape index (κ3) is 5.13. The van der Waals surface area contributed by atoms with Gasteiger partial charge in [0.05, 0.1) is 6.04 Å². The van der Waals surface area contributed by atoms with Crippen LogP contribution in [-0.4, -0.2) is 78.9 Å². The number of benzene rings is 2. The Morgan fingerprint density at radius 2 is 1.68 bits per heavy atom. The molecule has 2 aliphatic heterocycles. The van der Waals surface area contributed by atoms with Crippen LogP contribution in [0.15, 0.2) is 54.6 Å². The SMILES string of the molecule is Cc1ccc(C2(C)NC(=O)N(CC(=O)NC(CN3CCN(C)CC3)c3ccccc3)C2=O)cc1. The molecule has 8 nitrogen and oxygen atoms in total. The monoisotopic (exact) mass is 463 g/mol. The maximum atomic E-state index is 13.2. The number of hydrogen-bond acceptors (Lipinski definition) is 5. The lowest BCUT2D eigenvalue weighted by molar-refractivity contribution is -0.135. The normalized spacial score (nSPS) is 22.5. The summed E-state index contributed by atoms with van der Waals surface area (Å²) in [5, 5.41) is 5.84. The Hall–Kier alpha value is -3.23. The van der Waals surface area contributed by atoms with Crippen LogP contribution in [0.3, 0.4) is 0 Å². The maximum Gasteiger partial charge on any atom is 0.325 e. The van der Waals surface area contributed by atoms with Gasteiger partial charge in [-0.15, -0.1) is 0 Å². The molecule has 2 unspecified atom stereocenters. The minimum atomic E-state index is -1.19. The van der Waals surface area contributed by atoms with Crippen LogP contribution in [0.1, 0.15) is 29.7 Å². The van der Waals surface area contributed by atoms with Crippen molar-refractivity contribution in [3.8, 4) is 0 Å². The zero-order chi connectivity index (χ0) is 24.3. The van der Waals surface area contributed by atoms with Gasteiger partial charge in [-0.3, -0.25) is 19.4 Å². The van der Waals surface area contributed by atoms with E-state index in [2.05, 4.69) is 27.5 Å². The topological polar surface area (TPSA) is 85.0 Å². The maximum absolute atomic E-state index is 13.2. The van der Waals surface area contributed by atoms with Crippen molar-refractivity contribution >= 4 is 17.8 Å². The smallest absolute Gasteiger partial charge is 0.325 e. The zero-order valence-electron chi connectivity index (χ0n) is 20.1. The van der Waals surface area contributed by atoms with Gasteiger partial charge in [0.1, 0.15) is 12.1 Å². The van der Waals surface area contributed by atoms with E-state index in [1.807, 2.05) is 61.5 Å². The third-order valence-corrected chi connectivity index (χ3v) is 6.78. The molecule has 4 amide bonds.